The molecule has 0 spiro atoms. The average Bonchev–Trinajstić information content (AvgIpc) is 2.62. The second kappa shape index (κ2) is 8.83. The normalized spacial score (nSPS) is 10.3. The highest BCUT2D eigenvalue weighted by molar-refractivity contribution is 6.42. The van der Waals surface area contributed by atoms with E-state index in [-0.39, 0.29) is 12.4 Å². The molecular weight excluding hydrogens is 367 g/mol. The smallest absolute Gasteiger partial charge is 0.311 e. The molecule has 0 unspecified atom stereocenters. The third-order valence-corrected chi connectivity index (χ3v) is 4.20. The van der Waals surface area contributed by atoms with E-state index >= 15 is 0 Å². The Morgan fingerprint density at radius 3 is 2.08 bits per heavy atom. The number of esters is 1. The molecule has 0 N–H and O–H groups in total. The molecule has 2 aromatic carbocycles. The van der Waals surface area contributed by atoms with Crippen LogP contribution in [0.15, 0.2) is 30.3 Å². The van der Waals surface area contributed by atoms with Crippen molar-refractivity contribution >= 4 is 29.2 Å². The van der Waals surface area contributed by atoms with Crippen LogP contribution in [-0.2, 0) is 11.2 Å². The molecule has 25 heavy (non-hydrogen) atoms. The highest BCUT2D eigenvalue weighted by Crippen LogP contribution is 2.38. The van der Waals surface area contributed by atoms with E-state index in [2.05, 4.69) is 0 Å². The monoisotopic (exact) mass is 384 g/mol. The Morgan fingerprint density at radius 2 is 1.56 bits per heavy atom. The summed E-state index contributed by atoms with van der Waals surface area (Å²) in [5.74, 6) is 1.55. The predicted octanol–water partition coefficient (Wildman–Crippen LogP) is 4.56. The van der Waals surface area contributed by atoms with Crippen molar-refractivity contribution in [3.63, 3.8) is 0 Å². The van der Waals surface area contributed by atoms with Crippen LogP contribution in [0.3, 0.4) is 0 Å². The van der Waals surface area contributed by atoms with Crippen LogP contribution in [0.5, 0.6) is 23.0 Å². The Bertz CT molecular complexity index is 736. The van der Waals surface area contributed by atoms with Crippen molar-refractivity contribution in [2.45, 2.75) is 12.8 Å². The fourth-order valence-corrected chi connectivity index (χ4v) is 2.54. The predicted molar refractivity (Wildman–Crippen MR) is 96.5 cm³/mol. The van der Waals surface area contributed by atoms with Crippen molar-refractivity contribution in [2.75, 3.05) is 21.3 Å². The van der Waals surface area contributed by atoms with Gasteiger partial charge in [0.05, 0.1) is 31.4 Å². The summed E-state index contributed by atoms with van der Waals surface area (Å²) in [5.41, 5.74) is 0.862. The average molecular weight is 385 g/mol. The molecule has 0 bridgehead atoms. The number of carbonyl (C=O) groups excluding carboxylic acids is 1. The van der Waals surface area contributed by atoms with Gasteiger partial charge in [0.25, 0.3) is 0 Å². The third-order valence-electron chi connectivity index (χ3n) is 3.47. The lowest BCUT2D eigenvalue weighted by molar-refractivity contribution is -0.134. The van der Waals surface area contributed by atoms with Crippen molar-refractivity contribution in [2.24, 2.45) is 0 Å². The third kappa shape index (κ3) is 4.94. The molecule has 0 aliphatic heterocycles. The topological polar surface area (TPSA) is 54.0 Å². The van der Waals surface area contributed by atoms with Crippen molar-refractivity contribution in [3.05, 3.63) is 45.9 Å². The number of benzene rings is 2. The molecule has 0 aliphatic rings. The van der Waals surface area contributed by atoms with Gasteiger partial charge in [-0.3, -0.25) is 4.79 Å². The van der Waals surface area contributed by atoms with E-state index in [4.69, 9.17) is 42.1 Å². The zero-order valence-corrected chi connectivity index (χ0v) is 15.6. The fraction of sp³-hybridized carbons (Fsp3) is 0.278. The summed E-state index contributed by atoms with van der Waals surface area (Å²) in [5, 5.41) is 0.732. The molecule has 5 nitrogen and oxygen atoms in total. The molecule has 2 aromatic rings. The summed E-state index contributed by atoms with van der Waals surface area (Å²) in [4.78, 5) is 12.0. The summed E-state index contributed by atoms with van der Waals surface area (Å²) >= 11 is 11.7. The van der Waals surface area contributed by atoms with E-state index in [1.54, 1.807) is 38.5 Å². The van der Waals surface area contributed by atoms with Gasteiger partial charge in [-0.05, 0) is 36.2 Å². The van der Waals surface area contributed by atoms with Gasteiger partial charge in [-0.25, -0.2) is 0 Å². The van der Waals surface area contributed by atoms with Crippen molar-refractivity contribution in [3.8, 4) is 23.0 Å². The van der Waals surface area contributed by atoms with Crippen LogP contribution in [0.2, 0.25) is 10.0 Å². The summed E-state index contributed by atoms with van der Waals surface area (Å²) < 4.78 is 21.1. The lowest BCUT2D eigenvalue weighted by atomic mass is 10.1. The van der Waals surface area contributed by atoms with Crippen LogP contribution in [0, 0.1) is 0 Å². The Labute approximate surface area is 156 Å². The summed E-state index contributed by atoms with van der Waals surface area (Å²) in [6, 6.07) is 8.26. The molecule has 0 atom stereocenters. The maximum Gasteiger partial charge on any atom is 0.311 e. The molecule has 0 saturated heterocycles. The van der Waals surface area contributed by atoms with Crippen molar-refractivity contribution in [1.82, 2.24) is 0 Å². The van der Waals surface area contributed by atoms with Gasteiger partial charge in [0.1, 0.15) is 5.75 Å². The quantitative estimate of drug-likeness (QED) is 0.517. The zero-order chi connectivity index (χ0) is 18.4. The Hall–Kier alpha value is -2.11. The maximum atomic E-state index is 12.0. The van der Waals surface area contributed by atoms with Gasteiger partial charge < -0.3 is 18.9 Å². The van der Waals surface area contributed by atoms with Crippen LogP contribution in [0.4, 0.5) is 0 Å². The molecule has 0 aromatic heterocycles. The van der Waals surface area contributed by atoms with Crippen LogP contribution < -0.4 is 18.9 Å². The minimum absolute atomic E-state index is 0.179. The SMILES string of the molecule is COc1cc(CCC(=O)Oc2ccc(Cl)c(Cl)c2)cc(OC)c1OC. The summed E-state index contributed by atoms with van der Waals surface area (Å²) in [6.07, 6.45) is 0.635. The first kappa shape index (κ1) is 19.2. The van der Waals surface area contributed by atoms with Crippen LogP contribution in [0.25, 0.3) is 0 Å². The van der Waals surface area contributed by atoms with Crippen molar-refractivity contribution in [1.29, 1.82) is 0 Å². The Balaban J connectivity index is 2.04. The summed E-state index contributed by atoms with van der Waals surface area (Å²) in [6.45, 7) is 0. The molecule has 2 rings (SSSR count). The molecule has 7 heteroatoms. The molecule has 0 heterocycles. The van der Waals surface area contributed by atoms with Crippen LogP contribution in [0.1, 0.15) is 12.0 Å². The van der Waals surface area contributed by atoms with Gasteiger partial charge in [-0.15, -0.1) is 0 Å². The Morgan fingerprint density at radius 1 is 0.920 bits per heavy atom. The first-order valence-corrected chi connectivity index (χ1v) is 8.18. The molecule has 0 radical (unpaired) electrons. The van der Waals surface area contributed by atoms with E-state index in [1.165, 1.54) is 13.2 Å². The number of carbonyl (C=O) groups is 1. The van der Waals surface area contributed by atoms with Gasteiger partial charge in [0, 0.05) is 12.5 Å². The largest absolute Gasteiger partial charge is 0.493 e. The maximum absolute atomic E-state index is 12.0. The number of ether oxygens (including phenoxy) is 4. The fourth-order valence-electron chi connectivity index (χ4n) is 2.25. The number of halogens is 2. The van der Waals surface area contributed by atoms with Crippen LogP contribution in [-0.4, -0.2) is 27.3 Å². The zero-order valence-electron chi connectivity index (χ0n) is 14.1. The first-order valence-electron chi connectivity index (χ1n) is 7.43. The second-order valence-corrected chi connectivity index (χ2v) is 5.90. The molecule has 0 amide bonds. The lowest BCUT2D eigenvalue weighted by Gasteiger charge is -2.14. The second-order valence-electron chi connectivity index (χ2n) is 5.08. The Kier molecular flexibility index (Phi) is 6.79. The van der Waals surface area contributed by atoms with Gasteiger partial charge >= 0.3 is 5.97 Å². The van der Waals surface area contributed by atoms with Gasteiger partial charge in [0.2, 0.25) is 5.75 Å². The van der Waals surface area contributed by atoms with Gasteiger partial charge in [-0.1, -0.05) is 23.2 Å². The minimum Gasteiger partial charge on any atom is -0.493 e. The van der Waals surface area contributed by atoms with E-state index in [1.807, 2.05) is 0 Å². The number of methoxy groups -OCH3 is 3. The first-order chi connectivity index (χ1) is 12.0. The highest BCUT2D eigenvalue weighted by Gasteiger charge is 2.14. The van der Waals surface area contributed by atoms with E-state index in [0.29, 0.717) is 39.5 Å². The molecule has 134 valence electrons. The van der Waals surface area contributed by atoms with E-state index < -0.39 is 0 Å². The molecule has 0 saturated carbocycles. The lowest BCUT2D eigenvalue weighted by Crippen LogP contribution is -2.09. The standard InChI is InChI=1S/C18H18Cl2O5/c1-22-15-8-11(9-16(23-2)18(15)24-3)4-7-17(21)25-12-5-6-13(19)14(20)10-12/h5-6,8-10H,4,7H2,1-3H3. The van der Waals surface area contributed by atoms with Crippen LogP contribution >= 0.6 is 23.2 Å². The van der Waals surface area contributed by atoms with Gasteiger partial charge in [0.15, 0.2) is 11.5 Å². The summed E-state index contributed by atoms with van der Waals surface area (Å²) in [7, 11) is 4.62. The van der Waals surface area contributed by atoms with E-state index in [9.17, 15) is 4.79 Å². The minimum atomic E-state index is -0.382. The molecule has 0 fully saturated rings. The number of hydrogen-bond donors (Lipinski definition) is 0. The van der Waals surface area contributed by atoms with Crippen molar-refractivity contribution < 1.29 is 23.7 Å². The van der Waals surface area contributed by atoms with Gasteiger partial charge in [-0.2, -0.15) is 0 Å². The molecular formula is C18H18Cl2O5. The number of rotatable bonds is 7. The number of hydrogen-bond acceptors (Lipinski definition) is 5. The molecule has 0 aliphatic carbocycles. The van der Waals surface area contributed by atoms with E-state index in [0.717, 1.165) is 5.56 Å². The number of aryl methyl sites for hydroxylation is 1. The highest BCUT2D eigenvalue weighted by atomic mass is 35.5.